The molecular weight excluding hydrogens is 576 g/mol. The molecular formula is C35H60N2O8. The van der Waals surface area contributed by atoms with Crippen molar-refractivity contribution in [2.45, 2.75) is 111 Å². The summed E-state index contributed by atoms with van der Waals surface area (Å²) in [5.41, 5.74) is 0.341. The highest BCUT2D eigenvalue weighted by molar-refractivity contribution is 5.79. The van der Waals surface area contributed by atoms with Crippen LogP contribution < -0.4 is 20.1 Å². The number of amides is 2. The number of carbonyl (C=O) groups excluding carboxylic acids is 2. The molecule has 3 N–H and O–H groups in total. The molecule has 10 heteroatoms. The molecule has 1 aromatic rings. The van der Waals surface area contributed by atoms with E-state index in [0.717, 1.165) is 37.2 Å². The Morgan fingerprint density at radius 1 is 1.02 bits per heavy atom. The molecule has 1 saturated heterocycles. The Hall–Kier alpha value is -2.56. The molecule has 0 aliphatic carbocycles. The van der Waals surface area contributed by atoms with Crippen molar-refractivity contribution in [3.63, 3.8) is 0 Å². The second-order valence-corrected chi connectivity index (χ2v) is 13.9. The Morgan fingerprint density at radius 3 is 2.31 bits per heavy atom. The molecule has 0 unspecified atom stereocenters. The lowest BCUT2D eigenvalue weighted by atomic mass is 9.80. The van der Waals surface area contributed by atoms with Gasteiger partial charge in [-0.2, -0.15) is 0 Å². The fourth-order valence-corrected chi connectivity index (χ4v) is 5.59. The number of hydrogen-bond acceptors (Lipinski definition) is 8. The van der Waals surface area contributed by atoms with E-state index in [0.29, 0.717) is 38.3 Å². The third kappa shape index (κ3) is 14.6. The predicted molar refractivity (Wildman–Crippen MR) is 176 cm³/mol. The minimum Gasteiger partial charge on any atom is -0.497 e. The van der Waals surface area contributed by atoms with E-state index < -0.39 is 29.8 Å². The maximum absolute atomic E-state index is 13.3. The molecule has 45 heavy (non-hydrogen) atoms. The molecule has 0 spiro atoms. The topological polar surface area (TPSA) is 125 Å². The molecule has 2 rings (SSSR count). The Labute approximate surface area is 271 Å². The zero-order valence-corrected chi connectivity index (χ0v) is 29.1. The van der Waals surface area contributed by atoms with E-state index in [1.165, 1.54) is 0 Å². The molecule has 0 bridgehead atoms. The monoisotopic (exact) mass is 636 g/mol. The van der Waals surface area contributed by atoms with Gasteiger partial charge >= 0.3 is 6.09 Å². The zero-order chi connectivity index (χ0) is 33.6. The molecule has 2 amide bonds. The van der Waals surface area contributed by atoms with E-state index in [9.17, 15) is 14.7 Å². The first-order valence-electron chi connectivity index (χ1n) is 16.6. The fourth-order valence-electron chi connectivity index (χ4n) is 5.59. The number of rotatable bonds is 19. The van der Waals surface area contributed by atoms with Crippen molar-refractivity contribution in [3.8, 4) is 11.5 Å². The maximum Gasteiger partial charge on any atom is 0.407 e. The maximum atomic E-state index is 13.3. The Balaban J connectivity index is 2.24. The van der Waals surface area contributed by atoms with Crippen LogP contribution in [0.2, 0.25) is 0 Å². The molecule has 0 saturated carbocycles. The van der Waals surface area contributed by atoms with Gasteiger partial charge in [0.05, 0.1) is 32.0 Å². The summed E-state index contributed by atoms with van der Waals surface area (Å²) >= 11 is 0. The Bertz CT molecular complexity index is 1020. The lowest BCUT2D eigenvalue weighted by molar-refractivity contribution is -0.128. The molecule has 1 aliphatic rings. The van der Waals surface area contributed by atoms with Gasteiger partial charge in [0.1, 0.15) is 17.1 Å². The van der Waals surface area contributed by atoms with E-state index in [2.05, 4.69) is 24.5 Å². The number of carbonyl (C=O) groups is 2. The van der Waals surface area contributed by atoms with Crippen LogP contribution in [-0.2, 0) is 25.4 Å². The minimum atomic E-state index is -0.968. The highest BCUT2D eigenvalue weighted by Gasteiger charge is 2.33. The standard InChI is InChI=1S/C35H60N2O8/c1-23(2)26(16-25-17-28(42-9)20-29(18-25)44-15-11-13-41-8)19-31(37-34(40)45-35(5,6)7)32(38)21-30(24(3)4)33(39)36-22-27-12-10-14-43-27/h17-18,20,23-24,26-27,30-32,38H,10-16,19,21-22H2,1-9H3,(H,36,39)(H,37,40)/t26-,27+,30-,31-,32-/m0/s1. The number of alkyl carbamates (subject to hydrolysis) is 1. The predicted octanol–water partition coefficient (Wildman–Crippen LogP) is 5.53. The Kier molecular flexibility index (Phi) is 16.5. The lowest BCUT2D eigenvalue weighted by Gasteiger charge is -2.33. The van der Waals surface area contributed by atoms with E-state index in [4.69, 9.17) is 23.7 Å². The first kappa shape index (κ1) is 38.6. The lowest BCUT2D eigenvalue weighted by Crippen LogP contribution is -2.49. The van der Waals surface area contributed by atoms with Gasteiger partial charge in [-0.05, 0) is 88.3 Å². The van der Waals surface area contributed by atoms with Gasteiger partial charge in [0.15, 0.2) is 0 Å². The van der Waals surface area contributed by atoms with Crippen LogP contribution in [0.4, 0.5) is 4.79 Å². The number of aliphatic hydroxyl groups is 1. The van der Waals surface area contributed by atoms with Gasteiger partial charge in [0.2, 0.25) is 5.91 Å². The quantitative estimate of drug-likeness (QED) is 0.170. The molecule has 5 atom stereocenters. The number of nitrogens with one attached hydrogen (secondary N) is 2. The normalized spacial score (nSPS) is 17.9. The summed E-state index contributed by atoms with van der Waals surface area (Å²) in [5.74, 6) is 1.19. The molecule has 1 aromatic carbocycles. The van der Waals surface area contributed by atoms with Crippen LogP contribution in [0.5, 0.6) is 11.5 Å². The summed E-state index contributed by atoms with van der Waals surface area (Å²) in [6, 6.07) is 5.25. The van der Waals surface area contributed by atoms with Crippen molar-refractivity contribution in [1.29, 1.82) is 0 Å². The third-order valence-electron chi connectivity index (χ3n) is 8.27. The van der Waals surface area contributed by atoms with Crippen molar-refractivity contribution in [3.05, 3.63) is 23.8 Å². The van der Waals surface area contributed by atoms with E-state index in [1.54, 1.807) is 35.0 Å². The number of benzene rings is 1. The Morgan fingerprint density at radius 2 is 1.73 bits per heavy atom. The van der Waals surface area contributed by atoms with Crippen LogP contribution in [0.1, 0.15) is 86.1 Å². The van der Waals surface area contributed by atoms with Crippen LogP contribution in [0.25, 0.3) is 0 Å². The number of hydrogen-bond donors (Lipinski definition) is 3. The second-order valence-electron chi connectivity index (χ2n) is 13.9. The number of ether oxygens (including phenoxy) is 5. The van der Waals surface area contributed by atoms with E-state index in [1.807, 2.05) is 32.0 Å². The molecule has 258 valence electrons. The van der Waals surface area contributed by atoms with Crippen LogP contribution >= 0.6 is 0 Å². The van der Waals surface area contributed by atoms with Crippen LogP contribution in [0.15, 0.2) is 18.2 Å². The number of aliphatic hydroxyl groups excluding tert-OH is 1. The van der Waals surface area contributed by atoms with Gasteiger partial charge < -0.3 is 39.4 Å². The molecule has 0 aromatic heterocycles. The van der Waals surface area contributed by atoms with Gasteiger partial charge in [-0.3, -0.25) is 4.79 Å². The first-order chi connectivity index (χ1) is 21.2. The average molecular weight is 637 g/mol. The van der Waals surface area contributed by atoms with Crippen molar-refractivity contribution >= 4 is 12.0 Å². The fraction of sp³-hybridized carbons (Fsp3) is 0.771. The second kappa shape index (κ2) is 19.2. The summed E-state index contributed by atoms with van der Waals surface area (Å²) < 4.78 is 27.9. The summed E-state index contributed by atoms with van der Waals surface area (Å²) in [6.45, 7) is 16.0. The van der Waals surface area contributed by atoms with Crippen molar-refractivity contribution < 1.29 is 38.4 Å². The van der Waals surface area contributed by atoms with Crippen molar-refractivity contribution in [1.82, 2.24) is 10.6 Å². The zero-order valence-electron chi connectivity index (χ0n) is 29.1. The average Bonchev–Trinajstić information content (AvgIpc) is 3.48. The van der Waals surface area contributed by atoms with E-state index in [-0.39, 0.29) is 36.2 Å². The van der Waals surface area contributed by atoms with Gasteiger partial charge in [0, 0.05) is 45.3 Å². The van der Waals surface area contributed by atoms with Crippen LogP contribution in [0.3, 0.4) is 0 Å². The minimum absolute atomic E-state index is 0.00804. The van der Waals surface area contributed by atoms with Crippen LogP contribution in [-0.4, -0.2) is 81.5 Å². The summed E-state index contributed by atoms with van der Waals surface area (Å²) in [4.78, 5) is 26.2. The molecule has 1 heterocycles. The molecule has 10 nitrogen and oxygen atoms in total. The molecule has 0 radical (unpaired) electrons. The van der Waals surface area contributed by atoms with Gasteiger partial charge in [0.25, 0.3) is 0 Å². The highest BCUT2D eigenvalue weighted by atomic mass is 16.6. The molecule has 1 fully saturated rings. The van der Waals surface area contributed by atoms with E-state index >= 15 is 0 Å². The highest BCUT2D eigenvalue weighted by Crippen LogP contribution is 2.30. The largest absolute Gasteiger partial charge is 0.497 e. The summed E-state index contributed by atoms with van der Waals surface area (Å²) in [6.07, 6.45) is 2.56. The molecule has 1 aliphatic heterocycles. The number of methoxy groups -OCH3 is 2. The van der Waals surface area contributed by atoms with Gasteiger partial charge in [-0.1, -0.05) is 27.7 Å². The smallest absolute Gasteiger partial charge is 0.407 e. The van der Waals surface area contributed by atoms with Crippen LogP contribution in [0, 0.1) is 23.7 Å². The van der Waals surface area contributed by atoms with Crippen molar-refractivity contribution in [2.24, 2.45) is 23.7 Å². The first-order valence-corrected chi connectivity index (χ1v) is 16.6. The summed E-state index contributed by atoms with van der Waals surface area (Å²) in [5, 5.41) is 17.6. The van der Waals surface area contributed by atoms with Gasteiger partial charge in [-0.25, -0.2) is 4.79 Å². The van der Waals surface area contributed by atoms with Crippen molar-refractivity contribution in [2.75, 3.05) is 40.6 Å². The third-order valence-corrected chi connectivity index (χ3v) is 8.27. The SMILES string of the molecule is COCCCOc1cc(C[C@@H](C[C@H](NC(=O)OC(C)(C)C)[C@@H](O)C[C@H](C(=O)NC[C@H]2CCCO2)C(C)C)C(C)C)cc(OC)c1. The summed E-state index contributed by atoms with van der Waals surface area (Å²) in [7, 11) is 3.30. The van der Waals surface area contributed by atoms with Gasteiger partial charge in [-0.15, -0.1) is 0 Å².